The number of likely N-dealkylation sites (tertiary alicyclic amines) is 1. The summed E-state index contributed by atoms with van der Waals surface area (Å²) in [7, 11) is 0. The van der Waals surface area contributed by atoms with Crippen molar-refractivity contribution >= 4 is 10.9 Å². The highest BCUT2D eigenvalue weighted by molar-refractivity contribution is 5.81. The van der Waals surface area contributed by atoms with E-state index >= 15 is 0 Å². The number of hydrogen-bond donors (Lipinski definition) is 0. The van der Waals surface area contributed by atoms with Gasteiger partial charge in [0.1, 0.15) is 17.3 Å². The van der Waals surface area contributed by atoms with Crippen molar-refractivity contribution in [2.45, 2.75) is 65.0 Å². The first-order chi connectivity index (χ1) is 20.8. The van der Waals surface area contributed by atoms with Gasteiger partial charge in [-0.05, 0) is 94.2 Å². The zero-order valence-electron chi connectivity index (χ0n) is 25.3. The van der Waals surface area contributed by atoms with Gasteiger partial charge in [-0.1, -0.05) is 19.9 Å². The molecule has 6 rings (SSSR count). The summed E-state index contributed by atoms with van der Waals surface area (Å²) >= 11 is 0. The Kier molecular flexibility index (Phi) is 8.29. The molecule has 1 aliphatic heterocycles. The molecule has 1 saturated heterocycles. The molecule has 8 nitrogen and oxygen atoms in total. The minimum absolute atomic E-state index is 0.0677. The molecule has 8 heteroatoms. The van der Waals surface area contributed by atoms with Gasteiger partial charge >= 0.3 is 0 Å². The Balaban J connectivity index is 1.30. The molecule has 4 heterocycles. The summed E-state index contributed by atoms with van der Waals surface area (Å²) < 4.78 is 8.15. The Hall–Kier alpha value is -4.43. The topological polar surface area (TPSA) is 86.0 Å². The maximum absolute atomic E-state index is 12.6. The highest BCUT2D eigenvalue weighted by Crippen LogP contribution is 2.33. The van der Waals surface area contributed by atoms with Gasteiger partial charge in [0.25, 0.3) is 5.56 Å². The second-order valence-electron chi connectivity index (χ2n) is 11.9. The van der Waals surface area contributed by atoms with Crippen LogP contribution in [-0.4, -0.2) is 48.8 Å². The fraction of sp³-hybridized carbons (Fsp3) is 0.343. The van der Waals surface area contributed by atoms with E-state index in [1.54, 1.807) is 22.9 Å². The van der Waals surface area contributed by atoms with E-state index in [-0.39, 0.29) is 5.56 Å². The number of rotatable bonds is 8. The summed E-state index contributed by atoms with van der Waals surface area (Å²) in [6.07, 6.45) is 5.81. The lowest BCUT2D eigenvalue weighted by atomic mass is 9.95. The van der Waals surface area contributed by atoms with E-state index in [0.717, 1.165) is 65.2 Å². The molecule has 3 aromatic heterocycles. The zero-order chi connectivity index (χ0) is 29.9. The number of hydrogen-bond acceptors (Lipinski definition) is 7. The number of ether oxygens (including phenoxy) is 1. The van der Waals surface area contributed by atoms with Crippen LogP contribution in [0.1, 0.15) is 69.5 Å². The van der Waals surface area contributed by atoms with Crippen LogP contribution in [0.15, 0.2) is 83.9 Å². The van der Waals surface area contributed by atoms with Crippen molar-refractivity contribution < 1.29 is 4.74 Å². The molecule has 0 amide bonds. The molecule has 220 valence electrons. The van der Waals surface area contributed by atoms with Crippen molar-refractivity contribution in [3.63, 3.8) is 0 Å². The van der Waals surface area contributed by atoms with Crippen LogP contribution in [0.2, 0.25) is 0 Å². The minimum atomic E-state index is -0.0677. The summed E-state index contributed by atoms with van der Waals surface area (Å²) in [5.41, 5.74) is 4.40. The molecular weight excluding hydrogens is 536 g/mol. The summed E-state index contributed by atoms with van der Waals surface area (Å²) in [4.78, 5) is 24.9. The number of aromatic nitrogens is 5. The molecule has 0 atom stereocenters. The summed E-state index contributed by atoms with van der Waals surface area (Å²) in [5, 5.41) is 9.69. The molecule has 2 aromatic carbocycles. The van der Waals surface area contributed by atoms with E-state index in [1.165, 1.54) is 0 Å². The maximum atomic E-state index is 12.6. The fourth-order valence-electron chi connectivity index (χ4n) is 5.61. The number of pyridine rings is 1. The van der Waals surface area contributed by atoms with E-state index < -0.39 is 0 Å². The summed E-state index contributed by atoms with van der Waals surface area (Å²) in [6.45, 7) is 11.2. The van der Waals surface area contributed by atoms with E-state index in [4.69, 9.17) is 14.7 Å². The minimum Gasteiger partial charge on any atom is -0.457 e. The van der Waals surface area contributed by atoms with Crippen molar-refractivity contribution in [2.75, 3.05) is 13.1 Å². The van der Waals surface area contributed by atoms with E-state index in [1.807, 2.05) is 60.8 Å². The molecule has 0 bridgehead atoms. The van der Waals surface area contributed by atoms with Gasteiger partial charge in [0.05, 0.1) is 23.4 Å². The van der Waals surface area contributed by atoms with Crippen LogP contribution in [0.3, 0.4) is 0 Å². The first-order valence-electron chi connectivity index (χ1n) is 15.1. The Bertz CT molecular complexity index is 1750. The third-order valence-corrected chi connectivity index (χ3v) is 8.30. The second-order valence-corrected chi connectivity index (χ2v) is 11.9. The third kappa shape index (κ3) is 6.49. The fourth-order valence-corrected chi connectivity index (χ4v) is 5.61. The van der Waals surface area contributed by atoms with Crippen molar-refractivity contribution in [2.24, 2.45) is 0 Å². The van der Waals surface area contributed by atoms with Crippen LogP contribution >= 0.6 is 0 Å². The number of piperidine rings is 1. The third-order valence-electron chi connectivity index (χ3n) is 8.30. The van der Waals surface area contributed by atoms with Crippen molar-refractivity contribution in [3.8, 4) is 22.8 Å². The molecule has 0 aliphatic carbocycles. The van der Waals surface area contributed by atoms with E-state index in [0.29, 0.717) is 35.9 Å². The molecule has 1 fully saturated rings. The molecule has 0 spiro atoms. The lowest BCUT2D eigenvalue weighted by Gasteiger charge is -2.34. The van der Waals surface area contributed by atoms with Crippen LogP contribution in [0, 0.1) is 0 Å². The molecule has 0 saturated carbocycles. The predicted octanol–water partition coefficient (Wildman–Crippen LogP) is 6.80. The first-order valence-corrected chi connectivity index (χ1v) is 15.1. The molecule has 5 aromatic rings. The molecule has 0 radical (unpaired) electrons. The molecule has 0 unspecified atom stereocenters. The number of fused-ring (bicyclic) bond motifs is 1. The summed E-state index contributed by atoms with van der Waals surface area (Å²) in [6, 6.07) is 21.6. The van der Waals surface area contributed by atoms with Gasteiger partial charge in [0, 0.05) is 53.0 Å². The summed E-state index contributed by atoms with van der Waals surface area (Å²) in [5.74, 6) is 2.92. The average Bonchev–Trinajstić information content (AvgIpc) is 3.02. The normalized spacial score (nSPS) is 14.6. The number of benzene rings is 2. The highest BCUT2D eigenvalue weighted by atomic mass is 16.5. The monoisotopic (exact) mass is 574 g/mol. The van der Waals surface area contributed by atoms with Gasteiger partial charge in [0.2, 0.25) is 0 Å². The molecule has 43 heavy (non-hydrogen) atoms. The highest BCUT2D eigenvalue weighted by Gasteiger charge is 2.24. The SMILES string of the molecule is CC(C)c1ccc(-c2ccc(Oc3cc4nc(C5CCN(C(C)C)CC5)ncc4cc3Cn3ccccc3=O)cc2)nn1. The van der Waals surface area contributed by atoms with Gasteiger partial charge in [-0.15, -0.1) is 0 Å². The standard InChI is InChI=1S/C35H38N6O2/c1-23(2)30-12-13-31(39-38-30)25-8-10-29(11-9-25)43-33-20-32-27(19-28(33)22-41-16-6-5-7-34(41)42)21-36-35(37-32)26-14-17-40(18-15-26)24(3)4/h5-13,16,19-21,23-24,26H,14-15,17-18,22H2,1-4H3. The first kappa shape index (κ1) is 28.7. The Labute approximate surface area is 252 Å². The smallest absolute Gasteiger partial charge is 0.250 e. The van der Waals surface area contributed by atoms with E-state index in [9.17, 15) is 4.79 Å². The Morgan fingerprint density at radius 2 is 1.72 bits per heavy atom. The largest absolute Gasteiger partial charge is 0.457 e. The Morgan fingerprint density at radius 3 is 2.40 bits per heavy atom. The van der Waals surface area contributed by atoms with Crippen LogP contribution in [0.25, 0.3) is 22.2 Å². The lowest BCUT2D eigenvalue weighted by molar-refractivity contribution is 0.169. The molecular formula is C35H38N6O2. The van der Waals surface area contributed by atoms with Gasteiger partial charge in [-0.2, -0.15) is 10.2 Å². The van der Waals surface area contributed by atoms with Crippen LogP contribution < -0.4 is 10.3 Å². The van der Waals surface area contributed by atoms with E-state index in [2.05, 4.69) is 42.8 Å². The van der Waals surface area contributed by atoms with Gasteiger partial charge in [-0.3, -0.25) is 4.79 Å². The van der Waals surface area contributed by atoms with Crippen LogP contribution in [0.5, 0.6) is 11.5 Å². The van der Waals surface area contributed by atoms with Crippen LogP contribution in [-0.2, 0) is 6.54 Å². The van der Waals surface area contributed by atoms with Crippen molar-refractivity contribution in [1.29, 1.82) is 0 Å². The van der Waals surface area contributed by atoms with Gasteiger partial charge in [-0.25, -0.2) is 9.97 Å². The van der Waals surface area contributed by atoms with Crippen LogP contribution in [0.4, 0.5) is 0 Å². The van der Waals surface area contributed by atoms with Gasteiger partial charge < -0.3 is 14.2 Å². The second kappa shape index (κ2) is 12.4. The van der Waals surface area contributed by atoms with Gasteiger partial charge in [0.15, 0.2) is 0 Å². The maximum Gasteiger partial charge on any atom is 0.250 e. The number of nitrogens with zero attached hydrogens (tertiary/aromatic N) is 6. The predicted molar refractivity (Wildman–Crippen MR) is 170 cm³/mol. The van der Waals surface area contributed by atoms with Crippen molar-refractivity contribution in [1.82, 2.24) is 29.6 Å². The lowest BCUT2D eigenvalue weighted by Crippen LogP contribution is -2.38. The zero-order valence-corrected chi connectivity index (χ0v) is 25.3. The molecule has 0 N–H and O–H groups in total. The average molecular weight is 575 g/mol. The quantitative estimate of drug-likeness (QED) is 0.201. The van der Waals surface area contributed by atoms with Crippen molar-refractivity contribution in [3.05, 3.63) is 107 Å². The Morgan fingerprint density at radius 1 is 0.930 bits per heavy atom. The molecule has 1 aliphatic rings.